The summed E-state index contributed by atoms with van der Waals surface area (Å²) < 4.78 is 0. The number of imidazole rings is 1. The molecule has 166 valence electrons. The molecule has 0 saturated carbocycles. The van der Waals surface area contributed by atoms with E-state index in [9.17, 15) is 14.4 Å². The number of hydrogen-bond donors (Lipinski definition) is 4. The number of carbonyl (C=O) groups is 3. The van der Waals surface area contributed by atoms with Gasteiger partial charge in [0.25, 0.3) is 0 Å². The van der Waals surface area contributed by atoms with Crippen LogP contribution in [0.2, 0.25) is 0 Å². The SMILES string of the molecule is NC(=O)[C@H](Cc1cnc[nH]1)NC(=O)C(CC(=O)N1CCC(N)CC1)Cc1ccccc1. The first-order valence-electron chi connectivity index (χ1n) is 10.6. The Kier molecular flexibility index (Phi) is 7.77. The molecular formula is C22H30N6O3. The van der Waals surface area contributed by atoms with Crippen LogP contribution in [-0.2, 0) is 27.2 Å². The zero-order valence-corrected chi connectivity index (χ0v) is 17.5. The number of primary amides is 1. The fourth-order valence-corrected chi connectivity index (χ4v) is 3.77. The number of nitrogens with one attached hydrogen (secondary N) is 2. The Labute approximate surface area is 181 Å². The van der Waals surface area contributed by atoms with E-state index in [0.717, 1.165) is 18.4 Å². The smallest absolute Gasteiger partial charge is 0.240 e. The van der Waals surface area contributed by atoms with Crippen molar-refractivity contribution in [3.8, 4) is 0 Å². The van der Waals surface area contributed by atoms with Gasteiger partial charge in [-0.05, 0) is 24.8 Å². The maximum absolute atomic E-state index is 13.1. The van der Waals surface area contributed by atoms with Gasteiger partial charge in [0.05, 0.1) is 12.2 Å². The highest BCUT2D eigenvalue weighted by Gasteiger charge is 2.29. The van der Waals surface area contributed by atoms with Crippen molar-refractivity contribution < 1.29 is 14.4 Å². The fourth-order valence-electron chi connectivity index (χ4n) is 3.77. The Balaban J connectivity index is 1.70. The van der Waals surface area contributed by atoms with E-state index in [4.69, 9.17) is 11.5 Å². The number of H-pyrrole nitrogens is 1. The molecule has 6 N–H and O–H groups in total. The number of nitrogens with two attached hydrogens (primary N) is 2. The first-order chi connectivity index (χ1) is 14.9. The van der Waals surface area contributed by atoms with Gasteiger partial charge in [0.1, 0.15) is 6.04 Å². The van der Waals surface area contributed by atoms with Gasteiger partial charge < -0.3 is 26.7 Å². The molecule has 1 unspecified atom stereocenters. The first kappa shape index (κ1) is 22.5. The molecule has 2 atom stereocenters. The predicted molar refractivity (Wildman–Crippen MR) is 115 cm³/mol. The second-order valence-corrected chi connectivity index (χ2v) is 8.05. The van der Waals surface area contributed by atoms with E-state index in [1.165, 1.54) is 6.33 Å². The molecule has 1 aromatic carbocycles. The van der Waals surface area contributed by atoms with Crippen LogP contribution in [0.3, 0.4) is 0 Å². The van der Waals surface area contributed by atoms with Gasteiger partial charge in [-0.25, -0.2) is 4.98 Å². The molecule has 1 aliphatic heterocycles. The lowest BCUT2D eigenvalue weighted by molar-refractivity contribution is -0.137. The molecule has 1 fully saturated rings. The van der Waals surface area contributed by atoms with Crippen molar-refractivity contribution in [3.63, 3.8) is 0 Å². The van der Waals surface area contributed by atoms with E-state index in [1.807, 2.05) is 30.3 Å². The highest BCUT2D eigenvalue weighted by Crippen LogP contribution is 2.17. The van der Waals surface area contributed by atoms with Crippen LogP contribution in [0, 0.1) is 5.92 Å². The van der Waals surface area contributed by atoms with Gasteiger partial charge in [-0.1, -0.05) is 30.3 Å². The van der Waals surface area contributed by atoms with Crippen LogP contribution in [0.15, 0.2) is 42.9 Å². The summed E-state index contributed by atoms with van der Waals surface area (Å²) in [4.78, 5) is 46.5. The minimum absolute atomic E-state index is 0.0610. The molecule has 3 amide bonds. The van der Waals surface area contributed by atoms with Crippen LogP contribution in [0.4, 0.5) is 0 Å². The standard InChI is InChI=1S/C22H30N6O3/c23-17-6-8-28(9-7-17)20(29)11-16(10-15-4-2-1-3-5-15)22(31)27-19(21(24)30)12-18-13-25-14-26-18/h1-5,13-14,16-17,19H,6-12,23H2,(H2,24,30)(H,25,26)(H,27,31)/t16?,19-/m0/s1. The predicted octanol–water partition coefficient (Wildman–Crippen LogP) is 0.121. The summed E-state index contributed by atoms with van der Waals surface area (Å²) in [6.07, 6.45) is 5.25. The lowest BCUT2D eigenvalue weighted by Crippen LogP contribution is -2.49. The molecule has 9 nitrogen and oxygen atoms in total. The third-order valence-corrected chi connectivity index (χ3v) is 5.65. The fraction of sp³-hybridized carbons (Fsp3) is 0.455. The van der Waals surface area contributed by atoms with E-state index in [0.29, 0.717) is 25.2 Å². The first-order valence-corrected chi connectivity index (χ1v) is 10.6. The van der Waals surface area contributed by atoms with Crippen molar-refractivity contribution in [2.75, 3.05) is 13.1 Å². The van der Waals surface area contributed by atoms with Crippen molar-refractivity contribution in [1.29, 1.82) is 0 Å². The van der Waals surface area contributed by atoms with Crippen LogP contribution in [0.1, 0.15) is 30.5 Å². The van der Waals surface area contributed by atoms with Crippen LogP contribution in [0.25, 0.3) is 0 Å². The molecule has 2 heterocycles. The molecule has 0 spiro atoms. The van der Waals surface area contributed by atoms with Crippen molar-refractivity contribution in [2.45, 2.75) is 44.2 Å². The third-order valence-electron chi connectivity index (χ3n) is 5.65. The van der Waals surface area contributed by atoms with E-state index < -0.39 is 17.9 Å². The monoisotopic (exact) mass is 426 g/mol. The summed E-state index contributed by atoms with van der Waals surface area (Å²) in [5.41, 5.74) is 13.1. The van der Waals surface area contributed by atoms with E-state index in [1.54, 1.807) is 11.1 Å². The van der Waals surface area contributed by atoms with Crippen molar-refractivity contribution >= 4 is 17.7 Å². The maximum atomic E-state index is 13.1. The summed E-state index contributed by atoms with van der Waals surface area (Å²) in [7, 11) is 0. The number of hydrogen-bond acceptors (Lipinski definition) is 5. The number of amides is 3. The van der Waals surface area contributed by atoms with Gasteiger partial charge in [-0.15, -0.1) is 0 Å². The topological polar surface area (TPSA) is 147 Å². The summed E-state index contributed by atoms with van der Waals surface area (Å²) in [5, 5.41) is 2.74. The number of benzene rings is 1. The Morgan fingerprint density at radius 3 is 2.48 bits per heavy atom. The highest BCUT2D eigenvalue weighted by atomic mass is 16.2. The number of aromatic nitrogens is 2. The van der Waals surface area contributed by atoms with Crippen molar-refractivity contribution in [1.82, 2.24) is 20.2 Å². The Morgan fingerprint density at radius 2 is 1.87 bits per heavy atom. The van der Waals surface area contributed by atoms with Crippen molar-refractivity contribution in [2.24, 2.45) is 17.4 Å². The Morgan fingerprint density at radius 1 is 1.16 bits per heavy atom. The van der Waals surface area contributed by atoms with E-state index in [-0.39, 0.29) is 30.7 Å². The number of carbonyl (C=O) groups excluding carboxylic acids is 3. The number of rotatable bonds is 9. The molecule has 1 aromatic heterocycles. The summed E-state index contributed by atoms with van der Waals surface area (Å²) >= 11 is 0. The van der Waals surface area contributed by atoms with Gasteiger partial charge in [-0.2, -0.15) is 0 Å². The Bertz CT molecular complexity index is 863. The summed E-state index contributed by atoms with van der Waals surface area (Å²) in [6, 6.07) is 8.74. The molecule has 9 heteroatoms. The van der Waals surface area contributed by atoms with E-state index in [2.05, 4.69) is 15.3 Å². The minimum Gasteiger partial charge on any atom is -0.368 e. The summed E-state index contributed by atoms with van der Waals surface area (Å²) in [6.45, 7) is 1.20. The number of piperidine rings is 1. The highest BCUT2D eigenvalue weighted by molar-refractivity contribution is 5.90. The number of likely N-dealkylation sites (tertiary alicyclic amines) is 1. The van der Waals surface area contributed by atoms with Gasteiger partial charge in [0, 0.05) is 43.9 Å². The average molecular weight is 427 g/mol. The second kappa shape index (κ2) is 10.7. The van der Waals surface area contributed by atoms with E-state index >= 15 is 0 Å². The second-order valence-electron chi connectivity index (χ2n) is 8.05. The zero-order chi connectivity index (χ0) is 22.2. The van der Waals surface area contributed by atoms with Gasteiger partial charge in [0.15, 0.2) is 0 Å². The molecule has 2 aromatic rings. The molecular weight excluding hydrogens is 396 g/mol. The minimum atomic E-state index is -0.894. The molecule has 1 aliphatic rings. The molecule has 1 saturated heterocycles. The lowest BCUT2D eigenvalue weighted by atomic mass is 9.93. The molecule has 0 aliphatic carbocycles. The quantitative estimate of drug-likeness (QED) is 0.450. The number of aromatic amines is 1. The maximum Gasteiger partial charge on any atom is 0.240 e. The largest absolute Gasteiger partial charge is 0.368 e. The average Bonchev–Trinajstić information content (AvgIpc) is 3.27. The third kappa shape index (κ3) is 6.65. The van der Waals surface area contributed by atoms with Gasteiger partial charge >= 0.3 is 0 Å². The van der Waals surface area contributed by atoms with Gasteiger partial charge in [-0.3, -0.25) is 14.4 Å². The van der Waals surface area contributed by atoms with Crippen LogP contribution < -0.4 is 16.8 Å². The van der Waals surface area contributed by atoms with Gasteiger partial charge in [0.2, 0.25) is 17.7 Å². The molecule has 31 heavy (non-hydrogen) atoms. The Hall–Kier alpha value is -3.20. The lowest BCUT2D eigenvalue weighted by Gasteiger charge is -2.31. The van der Waals surface area contributed by atoms with Crippen molar-refractivity contribution in [3.05, 3.63) is 54.1 Å². The van der Waals surface area contributed by atoms with Crippen LogP contribution >= 0.6 is 0 Å². The number of nitrogens with zero attached hydrogens (tertiary/aromatic N) is 2. The normalized spacial score (nSPS) is 16.5. The summed E-state index contributed by atoms with van der Waals surface area (Å²) in [5.74, 6) is -1.70. The molecule has 0 bridgehead atoms. The zero-order valence-electron chi connectivity index (χ0n) is 17.5. The van der Waals surface area contributed by atoms with Crippen LogP contribution in [-0.4, -0.2) is 57.8 Å². The molecule has 3 rings (SSSR count). The molecule has 0 radical (unpaired) electrons. The van der Waals surface area contributed by atoms with Crippen LogP contribution in [0.5, 0.6) is 0 Å².